The van der Waals surface area contributed by atoms with Crippen LogP contribution in [0.1, 0.15) is 30.4 Å². The predicted octanol–water partition coefficient (Wildman–Crippen LogP) is 2.17. The summed E-state index contributed by atoms with van der Waals surface area (Å²) in [5.74, 6) is 0.878. The van der Waals surface area contributed by atoms with Crippen molar-refractivity contribution in [3.63, 3.8) is 0 Å². The van der Waals surface area contributed by atoms with Crippen molar-refractivity contribution in [3.05, 3.63) is 29.3 Å². The fourth-order valence-electron chi connectivity index (χ4n) is 4.14. The number of hydrogen-bond donors (Lipinski definition) is 0. The highest BCUT2D eigenvalue weighted by molar-refractivity contribution is 5.86. The number of amides is 2. The second-order valence-electron chi connectivity index (χ2n) is 7.72. The number of carbonyl (C=O) groups is 2. The van der Waals surface area contributed by atoms with Crippen LogP contribution in [0.2, 0.25) is 0 Å². The molecule has 6 heteroatoms. The molecule has 0 aliphatic carbocycles. The summed E-state index contributed by atoms with van der Waals surface area (Å²) in [5, 5.41) is 0. The molecular formula is C21H30N2O4. The third kappa shape index (κ3) is 4.10. The highest BCUT2D eigenvalue weighted by Crippen LogP contribution is 2.40. The Kier molecular flexibility index (Phi) is 6.05. The normalized spacial score (nSPS) is 22.6. The first-order valence-corrected chi connectivity index (χ1v) is 9.72. The molecule has 1 spiro atoms. The van der Waals surface area contributed by atoms with Crippen LogP contribution in [-0.4, -0.2) is 68.1 Å². The van der Waals surface area contributed by atoms with E-state index in [0.29, 0.717) is 26.2 Å². The van der Waals surface area contributed by atoms with E-state index in [-0.39, 0.29) is 18.4 Å². The topological polar surface area (TPSA) is 59.1 Å². The second kappa shape index (κ2) is 8.30. The van der Waals surface area contributed by atoms with E-state index >= 15 is 0 Å². The van der Waals surface area contributed by atoms with E-state index in [1.165, 1.54) is 0 Å². The maximum Gasteiger partial charge on any atom is 0.260 e. The number of nitrogens with zero attached hydrogens (tertiary/aromatic N) is 2. The van der Waals surface area contributed by atoms with Crippen LogP contribution in [0.25, 0.3) is 0 Å². The van der Waals surface area contributed by atoms with E-state index < -0.39 is 5.41 Å². The van der Waals surface area contributed by atoms with Crippen molar-refractivity contribution in [2.75, 3.05) is 46.5 Å². The van der Waals surface area contributed by atoms with E-state index in [0.717, 1.165) is 42.7 Å². The van der Waals surface area contributed by atoms with Gasteiger partial charge in [-0.15, -0.1) is 0 Å². The maximum atomic E-state index is 13.0. The molecule has 0 aromatic heterocycles. The lowest BCUT2D eigenvalue weighted by atomic mass is 9.78. The molecule has 1 atom stereocenters. The molecule has 1 unspecified atom stereocenters. The van der Waals surface area contributed by atoms with Crippen LogP contribution in [0.4, 0.5) is 0 Å². The quantitative estimate of drug-likeness (QED) is 0.766. The summed E-state index contributed by atoms with van der Waals surface area (Å²) in [6.07, 6.45) is 2.58. The minimum atomic E-state index is -0.416. The number of aryl methyl sites for hydroxylation is 1. The summed E-state index contributed by atoms with van der Waals surface area (Å²) < 4.78 is 10.9. The van der Waals surface area contributed by atoms with Gasteiger partial charge in [-0.25, -0.2) is 0 Å². The average Bonchev–Trinajstić information content (AvgIpc) is 3.09. The van der Waals surface area contributed by atoms with Crippen molar-refractivity contribution < 1.29 is 19.1 Å². The zero-order valence-corrected chi connectivity index (χ0v) is 16.6. The Morgan fingerprint density at radius 3 is 2.81 bits per heavy atom. The first kappa shape index (κ1) is 19.7. The number of carbonyl (C=O) groups excluding carboxylic acids is 2. The van der Waals surface area contributed by atoms with Gasteiger partial charge in [0.2, 0.25) is 5.91 Å². The highest BCUT2D eigenvalue weighted by Gasteiger charge is 2.49. The van der Waals surface area contributed by atoms with Crippen molar-refractivity contribution in [2.45, 2.75) is 33.1 Å². The van der Waals surface area contributed by atoms with Gasteiger partial charge in [-0.3, -0.25) is 9.59 Å². The van der Waals surface area contributed by atoms with Crippen LogP contribution < -0.4 is 4.74 Å². The van der Waals surface area contributed by atoms with Crippen molar-refractivity contribution in [1.29, 1.82) is 0 Å². The van der Waals surface area contributed by atoms with Crippen LogP contribution in [-0.2, 0) is 14.3 Å². The highest BCUT2D eigenvalue weighted by atomic mass is 16.5. The summed E-state index contributed by atoms with van der Waals surface area (Å²) in [7, 11) is 1.65. The molecule has 2 heterocycles. The standard InChI is InChI=1S/C21H30N2O4/c1-16-6-4-7-18(17(16)2)27-14-19(24)23-11-9-21(15-23)8-5-10-22(20(21)25)12-13-26-3/h4,6-7H,5,8-15H2,1-3H3. The van der Waals surface area contributed by atoms with Gasteiger partial charge in [0, 0.05) is 33.3 Å². The molecule has 2 aliphatic heterocycles. The molecule has 148 valence electrons. The fraction of sp³-hybridized carbons (Fsp3) is 0.619. The number of methoxy groups -OCH3 is 1. The molecule has 3 rings (SSSR count). The van der Waals surface area contributed by atoms with Crippen molar-refractivity contribution in [2.24, 2.45) is 5.41 Å². The number of hydrogen-bond acceptors (Lipinski definition) is 4. The lowest BCUT2D eigenvalue weighted by molar-refractivity contribution is -0.147. The summed E-state index contributed by atoms with van der Waals surface area (Å²) in [5.41, 5.74) is 1.78. The molecular weight excluding hydrogens is 344 g/mol. The number of benzene rings is 1. The summed E-state index contributed by atoms with van der Waals surface area (Å²) >= 11 is 0. The molecule has 2 fully saturated rings. The summed E-state index contributed by atoms with van der Waals surface area (Å²) in [6.45, 7) is 7.13. The molecule has 2 amide bonds. The first-order chi connectivity index (χ1) is 13.0. The Hall–Kier alpha value is -2.08. The van der Waals surface area contributed by atoms with E-state index in [9.17, 15) is 9.59 Å². The monoisotopic (exact) mass is 374 g/mol. The molecule has 2 saturated heterocycles. The van der Waals surface area contributed by atoms with Crippen molar-refractivity contribution in [1.82, 2.24) is 9.80 Å². The lowest BCUT2D eigenvalue weighted by Crippen LogP contribution is -2.51. The Labute approximate surface area is 161 Å². The van der Waals surface area contributed by atoms with Gasteiger partial charge in [0.1, 0.15) is 5.75 Å². The maximum absolute atomic E-state index is 13.0. The molecule has 0 radical (unpaired) electrons. The predicted molar refractivity (Wildman–Crippen MR) is 103 cm³/mol. The Morgan fingerprint density at radius 2 is 2.04 bits per heavy atom. The molecule has 1 aromatic rings. The van der Waals surface area contributed by atoms with Gasteiger partial charge in [-0.2, -0.15) is 0 Å². The smallest absolute Gasteiger partial charge is 0.260 e. The van der Waals surface area contributed by atoms with Gasteiger partial charge in [-0.1, -0.05) is 12.1 Å². The van der Waals surface area contributed by atoms with Crippen LogP contribution in [0, 0.1) is 19.3 Å². The third-order valence-electron chi connectivity index (χ3n) is 6.00. The van der Waals surface area contributed by atoms with E-state index in [2.05, 4.69) is 0 Å². The van der Waals surface area contributed by atoms with Crippen LogP contribution in [0.3, 0.4) is 0 Å². The second-order valence-corrected chi connectivity index (χ2v) is 7.72. The van der Waals surface area contributed by atoms with Gasteiger partial charge in [0.15, 0.2) is 6.61 Å². The summed E-state index contributed by atoms with van der Waals surface area (Å²) in [6, 6.07) is 5.85. The first-order valence-electron chi connectivity index (χ1n) is 9.72. The number of rotatable bonds is 6. The lowest BCUT2D eigenvalue weighted by Gasteiger charge is -2.39. The molecule has 27 heavy (non-hydrogen) atoms. The average molecular weight is 374 g/mol. The van der Waals surface area contributed by atoms with Gasteiger partial charge >= 0.3 is 0 Å². The van der Waals surface area contributed by atoms with E-state index in [1.807, 2.05) is 36.9 Å². The van der Waals surface area contributed by atoms with Gasteiger partial charge < -0.3 is 19.3 Å². The largest absolute Gasteiger partial charge is 0.483 e. The van der Waals surface area contributed by atoms with Gasteiger partial charge in [0.05, 0.1) is 12.0 Å². The molecule has 2 aliphatic rings. The van der Waals surface area contributed by atoms with Crippen LogP contribution in [0.15, 0.2) is 18.2 Å². The van der Waals surface area contributed by atoms with Crippen LogP contribution in [0.5, 0.6) is 5.75 Å². The molecule has 0 bridgehead atoms. The zero-order chi connectivity index (χ0) is 19.4. The minimum Gasteiger partial charge on any atom is -0.483 e. The Morgan fingerprint density at radius 1 is 1.22 bits per heavy atom. The van der Waals surface area contributed by atoms with Gasteiger partial charge in [-0.05, 0) is 50.3 Å². The Balaban J connectivity index is 1.59. The van der Waals surface area contributed by atoms with E-state index in [4.69, 9.17) is 9.47 Å². The molecule has 6 nitrogen and oxygen atoms in total. The molecule has 0 N–H and O–H groups in total. The van der Waals surface area contributed by atoms with Crippen molar-refractivity contribution in [3.8, 4) is 5.75 Å². The van der Waals surface area contributed by atoms with Crippen molar-refractivity contribution >= 4 is 11.8 Å². The fourth-order valence-corrected chi connectivity index (χ4v) is 4.14. The van der Waals surface area contributed by atoms with E-state index in [1.54, 1.807) is 12.0 Å². The zero-order valence-electron chi connectivity index (χ0n) is 16.6. The number of likely N-dealkylation sites (tertiary alicyclic amines) is 2. The molecule has 1 aromatic carbocycles. The van der Waals surface area contributed by atoms with Crippen LogP contribution >= 0.6 is 0 Å². The number of ether oxygens (including phenoxy) is 2. The van der Waals surface area contributed by atoms with Gasteiger partial charge in [0.25, 0.3) is 5.91 Å². The molecule has 0 saturated carbocycles. The SMILES string of the molecule is COCCN1CCCC2(CCN(C(=O)COc3cccc(C)c3C)C2)C1=O. The Bertz CT molecular complexity index is 705. The third-order valence-corrected chi connectivity index (χ3v) is 6.00. The number of piperidine rings is 1. The summed E-state index contributed by atoms with van der Waals surface area (Å²) in [4.78, 5) is 29.3. The minimum absolute atomic E-state index is 0.0158.